The van der Waals surface area contributed by atoms with Crippen LogP contribution in [0, 0.1) is 19.8 Å². The van der Waals surface area contributed by atoms with Crippen molar-refractivity contribution < 1.29 is 4.74 Å². The van der Waals surface area contributed by atoms with Gasteiger partial charge >= 0.3 is 0 Å². The Balaban J connectivity index is 2.72. The molecule has 0 spiro atoms. The Bertz CT molecular complexity index is 373. The van der Waals surface area contributed by atoms with Gasteiger partial charge in [0.15, 0.2) is 0 Å². The van der Waals surface area contributed by atoms with Gasteiger partial charge in [-0.1, -0.05) is 32.0 Å². The molecule has 0 aliphatic carbocycles. The first kappa shape index (κ1) is 15.2. The van der Waals surface area contributed by atoms with Crippen molar-refractivity contribution in [2.75, 3.05) is 6.61 Å². The number of hydrogen-bond donors (Lipinski definition) is 1. The molecule has 0 fully saturated rings. The molecule has 0 heterocycles. The quantitative estimate of drug-likeness (QED) is 0.840. The van der Waals surface area contributed by atoms with Crippen LogP contribution in [-0.2, 0) is 11.2 Å². The average Bonchev–Trinajstić information content (AvgIpc) is 2.30. The first-order valence-corrected chi connectivity index (χ1v) is 6.89. The maximum Gasteiger partial charge on any atom is 0.0751 e. The van der Waals surface area contributed by atoms with Gasteiger partial charge in [0.05, 0.1) is 6.10 Å². The van der Waals surface area contributed by atoms with Crippen LogP contribution in [-0.4, -0.2) is 18.8 Å². The normalized spacial score (nSPS) is 14.8. The van der Waals surface area contributed by atoms with Gasteiger partial charge in [-0.3, -0.25) is 0 Å². The van der Waals surface area contributed by atoms with Crippen molar-refractivity contribution in [2.45, 2.75) is 53.2 Å². The van der Waals surface area contributed by atoms with E-state index in [-0.39, 0.29) is 12.1 Å². The van der Waals surface area contributed by atoms with Gasteiger partial charge in [0, 0.05) is 12.6 Å². The summed E-state index contributed by atoms with van der Waals surface area (Å²) in [6.45, 7) is 11.4. The van der Waals surface area contributed by atoms with Gasteiger partial charge in [0.1, 0.15) is 0 Å². The number of hydrogen-bond acceptors (Lipinski definition) is 2. The largest absolute Gasteiger partial charge is 0.377 e. The Labute approximate surface area is 112 Å². The predicted molar refractivity (Wildman–Crippen MR) is 77.8 cm³/mol. The molecule has 1 aromatic carbocycles. The van der Waals surface area contributed by atoms with Crippen LogP contribution >= 0.6 is 0 Å². The van der Waals surface area contributed by atoms with Crippen molar-refractivity contribution in [1.29, 1.82) is 0 Å². The molecule has 1 rings (SSSR count). The van der Waals surface area contributed by atoms with Crippen molar-refractivity contribution in [3.05, 3.63) is 34.9 Å². The van der Waals surface area contributed by atoms with Gasteiger partial charge < -0.3 is 10.5 Å². The molecule has 2 N–H and O–H groups in total. The van der Waals surface area contributed by atoms with Crippen LogP contribution in [0.25, 0.3) is 0 Å². The van der Waals surface area contributed by atoms with Gasteiger partial charge in [-0.2, -0.15) is 0 Å². The molecular formula is C16H27NO. The standard InChI is InChI=1S/C16H27NO/c1-6-18-16(11(2)3)15(17)10-14-8-7-12(4)13(5)9-14/h7-9,11,15-16H,6,10,17H2,1-5H3. The highest BCUT2D eigenvalue weighted by Gasteiger charge is 2.21. The summed E-state index contributed by atoms with van der Waals surface area (Å²) in [5, 5.41) is 0. The molecule has 2 atom stereocenters. The highest BCUT2D eigenvalue weighted by atomic mass is 16.5. The van der Waals surface area contributed by atoms with Crippen LogP contribution in [0.2, 0.25) is 0 Å². The first-order valence-electron chi connectivity index (χ1n) is 6.89. The molecule has 0 aromatic heterocycles. The second-order valence-electron chi connectivity index (χ2n) is 5.45. The number of aryl methyl sites for hydroxylation is 2. The van der Waals surface area contributed by atoms with Crippen molar-refractivity contribution in [2.24, 2.45) is 11.7 Å². The van der Waals surface area contributed by atoms with E-state index in [9.17, 15) is 0 Å². The molecule has 1 aromatic rings. The molecule has 18 heavy (non-hydrogen) atoms. The summed E-state index contributed by atoms with van der Waals surface area (Å²) < 4.78 is 5.77. The molecule has 2 heteroatoms. The molecule has 2 unspecified atom stereocenters. The lowest BCUT2D eigenvalue weighted by molar-refractivity contribution is 0.0128. The molecule has 0 amide bonds. The third-order valence-corrected chi connectivity index (χ3v) is 3.48. The third-order valence-electron chi connectivity index (χ3n) is 3.48. The lowest BCUT2D eigenvalue weighted by atomic mass is 9.93. The minimum Gasteiger partial charge on any atom is -0.377 e. The van der Waals surface area contributed by atoms with Crippen LogP contribution in [0.15, 0.2) is 18.2 Å². The highest BCUT2D eigenvalue weighted by Crippen LogP contribution is 2.16. The maximum atomic E-state index is 6.30. The van der Waals surface area contributed by atoms with Crippen LogP contribution < -0.4 is 5.73 Å². The van der Waals surface area contributed by atoms with E-state index >= 15 is 0 Å². The zero-order chi connectivity index (χ0) is 13.7. The molecule has 102 valence electrons. The molecule has 0 bridgehead atoms. The van der Waals surface area contributed by atoms with Gasteiger partial charge in [0.25, 0.3) is 0 Å². The molecule has 0 saturated heterocycles. The number of rotatable bonds is 6. The van der Waals surface area contributed by atoms with E-state index in [1.807, 2.05) is 6.92 Å². The maximum absolute atomic E-state index is 6.30. The zero-order valence-corrected chi connectivity index (χ0v) is 12.4. The zero-order valence-electron chi connectivity index (χ0n) is 12.4. The Morgan fingerprint density at radius 3 is 2.33 bits per heavy atom. The Morgan fingerprint density at radius 2 is 1.83 bits per heavy atom. The summed E-state index contributed by atoms with van der Waals surface area (Å²) in [6.07, 6.45) is 1.01. The number of benzene rings is 1. The average molecular weight is 249 g/mol. The molecular weight excluding hydrogens is 222 g/mol. The van der Waals surface area contributed by atoms with Crippen LogP contribution in [0.1, 0.15) is 37.5 Å². The Morgan fingerprint density at radius 1 is 1.17 bits per heavy atom. The lowest BCUT2D eigenvalue weighted by Crippen LogP contribution is -2.42. The van der Waals surface area contributed by atoms with Gasteiger partial charge in [0.2, 0.25) is 0 Å². The fraction of sp³-hybridized carbons (Fsp3) is 0.625. The van der Waals surface area contributed by atoms with E-state index in [0.29, 0.717) is 5.92 Å². The summed E-state index contributed by atoms with van der Waals surface area (Å²) in [5.41, 5.74) is 10.3. The predicted octanol–water partition coefficient (Wildman–Crippen LogP) is 3.23. The van der Waals surface area contributed by atoms with Crippen LogP contribution in [0.5, 0.6) is 0 Å². The SMILES string of the molecule is CCOC(C(C)C)C(N)Cc1ccc(C)c(C)c1. The van der Waals surface area contributed by atoms with E-state index < -0.39 is 0 Å². The molecule has 2 nitrogen and oxygen atoms in total. The van der Waals surface area contributed by atoms with E-state index in [1.165, 1.54) is 16.7 Å². The van der Waals surface area contributed by atoms with Crippen LogP contribution in [0.3, 0.4) is 0 Å². The minimum absolute atomic E-state index is 0.0621. The minimum atomic E-state index is 0.0621. The summed E-state index contributed by atoms with van der Waals surface area (Å²) in [6, 6.07) is 6.64. The van der Waals surface area contributed by atoms with Crippen LogP contribution in [0.4, 0.5) is 0 Å². The topological polar surface area (TPSA) is 35.2 Å². The van der Waals surface area contributed by atoms with Gasteiger partial charge in [-0.25, -0.2) is 0 Å². The van der Waals surface area contributed by atoms with Crippen molar-refractivity contribution in [3.63, 3.8) is 0 Å². The van der Waals surface area contributed by atoms with Crippen molar-refractivity contribution in [3.8, 4) is 0 Å². The Hall–Kier alpha value is -0.860. The summed E-state index contributed by atoms with van der Waals surface area (Å²) in [7, 11) is 0. The molecule has 0 aliphatic rings. The molecule has 0 aliphatic heterocycles. The second-order valence-corrected chi connectivity index (χ2v) is 5.45. The number of ether oxygens (including phenoxy) is 1. The third kappa shape index (κ3) is 4.11. The highest BCUT2D eigenvalue weighted by molar-refractivity contribution is 5.30. The summed E-state index contributed by atoms with van der Waals surface area (Å²) in [5.74, 6) is 0.450. The van der Waals surface area contributed by atoms with Gasteiger partial charge in [-0.05, 0) is 49.8 Å². The van der Waals surface area contributed by atoms with Crippen molar-refractivity contribution in [1.82, 2.24) is 0 Å². The Kier molecular flexibility index (Phi) is 5.83. The fourth-order valence-electron chi connectivity index (χ4n) is 2.32. The summed E-state index contributed by atoms with van der Waals surface area (Å²) in [4.78, 5) is 0. The van der Waals surface area contributed by atoms with Crippen molar-refractivity contribution >= 4 is 0 Å². The smallest absolute Gasteiger partial charge is 0.0751 e. The van der Waals surface area contributed by atoms with E-state index in [1.54, 1.807) is 0 Å². The van der Waals surface area contributed by atoms with E-state index in [4.69, 9.17) is 10.5 Å². The molecule has 0 radical (unpaired) electrons. The first-order chi connectivity index (χ1) is 8.45. The van der Waals surface area contributed by atoms with Gasteiger partial charge in [-0.15, -0.1) is 0 Å². The van der Waals surface area contributed by atoms with E-state index in [2.05, 4.69) is 45.9 Å². The number of nitrogens with two attached hydrogens (primary N) is 1. The molecule has 0 saturated carbocycles. The summed E-state index contributed by atoms with van der Waals surface area (Å²) >= 11 is 0. The van der Waals surface area contributed by atoms with E-state index in [0.717, 1.165) is 13.0 Å². The monoisotopic (exact) mass is 249 g/mol. The lowest BCUT2D eigenvalue weighted by Gasteiger charge is -2.27. The fourth-order valence-corrected chi connectivity index (χ4v) is 2.32. The second kappa shape index (κ2) is 6.91.